The molecule has 1 saturated heterocycles. The van der Waals surface area contributed by atoms with Crippen LogP contribution in [0.5, 0.6) is 0 Å². The predicted molar refractivity (Wildman–Crippen MR) is 112 cm³/mol. The van der Waals surface area contributed by atoms with Crippen LogP contribution in [0.3, 0.4) is 0 Å². The Hall–Kier alpha value is -1.70. The first-order valence-corrected chi connectivity index (χ1v) is 12.5. The molecule has 1 aromatic heterocycles. The first kappa shape index (κ1) is 23.6. The molecule has 0 spiro atoms. The first-order chi connectivity index (χ1) is 13.4. The minimum atomic E-state index is -2.10. The average Bonchev–Trinajstić information content (AvgIpc) is 2.99. The van der Waals surface area contributed by atoms with E-state index in [1.54, 1.807) is 6.92 Å². The topological polar surface area (TPSA) is 91.8 Å². The van der Waals surface area contributed by atoms with Crippen molar-refractivity contribution in [1.29, 1.82) is 0 Å². The molecule has 162 valence electrons. The van der Waals surface area contributed by atoms with Crippen LogP contribution >= 0.6 is 0 Å². The van der Waals surface area contributed by atoms with Gasteiger partial charge < -0.3 is 18.6 Å². The van der Waals surface area contributed by atoms with Gasteiger partial charge in [0.1, 0.15) is 19.1 Å². The Bertz CT molecular complexity index is 879. The van der Waals surface area contributed by atoms with Gasteiger partial charge in [-0.2, -0.15) is 0 Å². The van der Waals surface area contributed by atoms with E-state index in [1.165, 1.54) is 17.9 Å². The molecule has 8 nitrogen and oxygen atoms in total. The number of aromatic nitrogens is 2. The fourth-order valence-electron chi connectivity index (χ4n) is 2.86. The lowest BCUT2D eigenvalue weighted by atomic mass is 9.99. The SMILES string of the molecule is C#C[C@]1(CO[Si](C)(C)C(C)(C)C)OC(n2cc(C)c(=O)[nH]c2=O)C[C@@H]1OCOC. The number of aryl methyl sites for hydroxylation is 1. The van der Waals surface area contributed by atoms with Crippen LogP contribution in [0, 0.1) is 19.3 Å². The molecule has 3 atom stereocenters. The Kier molecular flexibility index (Phi) is 6.97. The van der Waals surface area contributed by atoms with Gasteiger partial charge in [-0.1, -0.05) is 26.7 Å². The summed E-state index contributed by atoms with van der Waals surface area (Å²) in [7, 11) is -0.583. The summed E-state index contributed by atoms with van der Waals surface area (Å²) in [6, 6.07) is 0. The highest BCUT2D eigenvalue weighted by molar-refractivity contribution is 6.74. The summed E-state index contributed by atoms with van der Waals surface area (Å²) in [5.41, 5.74) is -1.77. The molecule has 0 aromatic carbocycles. The van der Waals surface area contributed by atoms with Crippen LogP contribution in [0.25, 0.3) is 0 Å². The van der Waals surface area contributed by atoms with Crippen molar-refractivity contribution in [3.05, 3.63) is 32.6 Å². The molecule has 2 heterocycles. The Morgan fingerprint density at radius 3 is 2.62 bits per heavy atom. The fourth-order valence-corrected chi connectivity index (χ4v) is 3.87. The van der Waals surface area contributed by atoms with Gasteiger partial charge in [-0.3, -0.25) is 14.3 Å². The van der Waals surface area contributed by atoms with Crippen molar-refractivity contribution in [2.75, 3.05) is 20.5 Å². The maximum Gasteiger partial charge on any atom is 0.330 e. The zero-order chi connectivity index (χ0) is 22.0. The highest BCUT2D eigenvalue weighted by Gasteiger charge is 2.51. The second kappa shape index (κ2) is 8.58. The Balaban J connectivity index is 2.36. The molecule has 1 aliphatic heterocycles. The van der Waals surface area contributed by atoms with Gasteiger partial charge in [0, 0.05) is 25.3 Å². The smallest absolute Gasteiger partial charge is 0.330 e. The Morgan fingerprint density at radius 1 is 1.41 bits per heavy atom. The molecule has 1 aromatic rings. The molecule has 0 radical (unpaired) electrons. The summed E-state index contributed by atoms with van der Waals surface area (Å²) in [5, 5.41) is -0.00333. The molecule has 1 unspecified atom stereocenters. The normalized spacial score (nSPS) is 25.2. The van der Waals surface area contributed by atoms with Crippen molar-refractivity contribution in [3.8, 4) is 12.3 Å². The number of ether oxygens (including phenoxy) is 3. The van der Waals surface area contributed by atoms with Gasteiger partial charge in [-0.25, -0.2) is 4.79 Å². The molecule has 2 rings (SSSR count). The van der Waals surface area contributed by atoms with Crippen molar-refractivity contribution in [2.24, 2.45) is 0 Å². The summed E-state index contributed by atoms with van der Waals surface area (Å²) in [4.78, 5) is 26.3. The average molecular weight is 425 g/mol. The van der Waals surface area contributed by atoms with E-state index in [4.69, 9.17) is 25.1 Å². The van der Waals surface area contributed by atoms with Crippen LogP contribution < -0.4 is 11.2 Å². The number of H-pyrrole nitrogens is 1. The van der Waals surface area contributed by atoms with E-state index in [-0.39, 0.29) is 18.4 Å². The molecule has 1 N–H and O–H groups in total. The molecule has 9 heteroatoms. The minimum Gasteiger partial charge on any atom is -0.413 e. The highest BCUT2D eigenvalue weighted by atomic mass is 28.4. The van der Waals surface area contributed by atoms with Crippen LogP contribution in [0.2, 0.25) is 18.1 Å². The first-order valence-electron chi connectivity index (χ1n) is 9.59. The number of terminal acetylenes is 1. The Morgan fingerprint density at radius 2 is 2.07 bits per heavy atom. The summed E-state index contributed by atoms with van der Waals surface area (Å²) in [6.45, 7) is 12.5. The molecular weight excluding hydrogens is 392 g/mol. The monoisotopic (exact) mass is 424 g/mol. The van der Waals surface area contributed by atoms with E-state index in [0.717, 1.165) is 0 Å². The molecular formula is C20H32N2O6Si. The van der Waals surface area contributed by atoms with Crippen LogP contribution in [0.4, 0.5) is 0 Å². The molecule has 0 saturated carbocycles. The molecule has 1 aliphatic rings. The molecule has 0 amide bonds. The maximum atomic E-state index is 12.3. The van der Waals surface area contributed by atoms with Crippen molar-refractivity contribution in [3.63, 3.8) is 0 Å². The van der Waals surface area contributed by atoms with E-state index < -0.39 is 37.5 Å². The zero-order valence-electron chi connectivity index (χ0n) is 18.3. The molecule has 29 heavy (non-hydrogen) atoms. The Labute approximate surface area is 172 Å². The van der Waals surface area contributed by atoms with Gasteiger partial charge in [-0.15, -0.1) is 6.42 Å². The van der Waals surface area contributed by atoms with Crippen molar-refractivity contribution in [2.45, 2.75) is 70.2 Å². The van der Waals surface area contributed by atoms with Crippen LogP contribution in [-0.4, -0.2) is 50.1 Å². The third kappa shape index (κ3) is 4.90. The second-order valence-electron chi connectivity index (χ2n) is 8.93. The van der Waals surface area contributed by atoms with Crippen LogP contribution in [0.1, 0.15) is 39.0 Å². The highest BCUT2D eigenvalue weighted by Crippen LogP contribution is 2.41. The van der Waals surface area contributed by atoms with Gasteiger partial charge in [0.05, 0.1) is 6.61 Å². The number of aromatic amines is 1. The van der Waals surface area contributed by atoms with Crippen molar-refractivity contribution < 1.29 is 18.6 Å². The number of rotatable bonds is 7. The van der Waals surface area contributed by atoms with Gasteiger partial charge in [0.15, 0.2) is 13.9 Å². The maximum absolute atomic E-state index is 12.3. The number of hydrogen-bond acceptors (Lipinski definition) is 6. The van der Waals surface area contributed by atoms with Crippen LogP contribution in [0.15, 0.2) is 15.8 Å². The van der Waals surface area contributed by atoms with Gasteiger partial charge in [0.2, 0.25) is 0 Å². The number of nitrogens with one attached hydrogen (secondary N) is 1. The summed E-state index contributed by atoms with van der Waals surface area (Å²) in [5.74, 6) is 2.71. The lowest BCUT2D eigenvalue weighted by Crippen LogP contribution is -2.50. The van der Waals surface area contributed by atoms with Crippen LogP contribution in [-0.2, 0) is 18.6 Å². The predicted octanol–water partition coefficient (Wildman–Crippen LogP) is 2.15. The molecule has 1 fully saturated rings. The van der Waals surface area contributed by atoms with E-state index in [9.17, 15) is 9.59 Å². The van der Waals surface area contributed by atoms with E-state index >= 15 is 0 Å². The summed E-state index contributed by atoms with van der Waals surface area (Å²) in [6.07, 6.45) is 6.45. The third-order valence-corrected chi connectivity index (χ3v) is 10.3. The molecule has 0 aliphatic carbocycles. The van der Waals surface area contributed by atoms with Crippen molar-refractivity contribution in [1.82, 2.24) is 9.55 Å². The van der Waals surface area contributed by atoms with Crippen molar-refractivity contribution >= 4 is 8.32 Å². The zero-order valence-corrected chi connectivity index (χ0v) is 19.3. The van der Waals surface area contributed by atoms with Gasteiger partial charge in [0.25, 0.3) is 5.56 Å². The third-order valence-electron chi connectivity index (χ3n) is 5.82. The second-order valence-corrected chi connectivity index (χ2v) is 13.7. The quantitative estimate of drug-likeness (QED) is 0.410. The van der Waals surface area contributed by atoms with Gasteiger partial charge >= 0.3 is 5.69 Å². The largest absolute Gasteiger partial charge is 0.413 e. The number of hydrogen-bond donors (Lipinski definition) is 1. The standard InChI is InChI=1S/C20H32N2O6Si/c1-9-20(12-27-29(7,8)19(3,4)5)15(26-13-25-6)10-16(28-20)22-11-14(2)17(23)21-18(22)24/h1,11,15-16H,10,12-13H2,2-8H3,(H,21,23,24)/t15-,16?,20+/m0/s1. The lowest BCUT2D eigenvalue weighted by molar-refractivity contribution is -0.135. The minimum absolute atomic E-state index is 0.00333. The number of methoxy groups -OCH3 is 1. The van der Waals surface area contributed by atoms with E-state index in [2.05, 4.69) is 44.8 Å². The van der Waals surface area contributed by atoms with E-state index in [0.29, 0.717) is 12.0 Å². The number of nitrogens with zero attached hydrogens (tertiary/aromatic N) is 1. The van der Waals surface area contributed by atoms with Gasteiger partial charge in [-0.05, 0) is 25.1 Å². The fraction of sp³-hybridized carbons (Fsp3) is 0.700. The lowest BCUT2D eigenvalue weighted by Gasteiger charge is -2.39. The summed E-state index contributed by atoms with van der Waals surface area (Å²) < 4.78 is 24.7. The molecule has 0 bridgehead atoms. The van der Waals surface area contributed by atoms with E-state index in [1.807, 2.05) is 0 Å². The summed E-state index contributed by atoms with van der Waals surface area (Å²) >= 11 is 0.